The van der Waals surface area contributed by atoms with Gasteiger partial charge < -0.3 is 25.3 Å². The Labute approximate surface area is 207 Å². The number of amides is 2. The van der Waals surface area contributed by atoms with E-state index < -0.39 is 24.0 Å². The third kappa shape index (κ3) is 5.59. The fourth-order valence-corrected chi connectivity index (χ4v) is 4.85. The summed E-state index contributed by atoms with van der Waals surface area (Å²) in [5.74, 6) is -1.46. The van der Waals surface area contributed by atoms with Crippen LogP contribution in [-0.4, -0.2) is 65.3 Å². The van der Waals surface area contributed by atoms with E-state index in [0.29, 0.717) is 31.2 Å². The van der Waals surface area contributed by atoms with Gasteiger partial charge in [0.25, 0.3) is 11.8 Å². The Morgan fingerprint density at radius 1 is 0.941 bits per heavy atom. The quantitative estimate of drug-likeness (QED) is 0.465. The second-order valence-electron chi connectivity index (χ2n) is 8.05. The second kappa shape index (κ2) is 11.0. The van der Waals surface area contributed by atoms with Crippen LogP contribution in [-0.2, 0) is 16.1 Å². The Morgan fingerprint density at radius 3 is 2.29 bits per heavy atom. The highest BCUT2D eigenvalue weighted by atomic mass is 35.5. The van der Waals surface area contributed by atoms with Crippen LogP contribution < -0.4 is 10.2 Å². The van der Waals surface area contributed by atoms with Crippen molar-refractivity contribution in [3.63, 3.8) is 0 Å². The molecule has 0 radical (unpaired) electrons. The number of para-hydroxylation sites is 1. The first-order valence-electron chi connectivity index (χ1n) is 11.0. The molecule has 2 amide bonds. The van der Waals surface area contributed by atoms with Gasteiger partial charge in [0.05, 0.1) is 10.7 Å². The molecule has 178 valence electrons. The van der Waals surface area contributed by atoms with E-state index in [1.54, 1.807) is 11.3 Å². The number of aliphatic hydroxyl groups is 2. The van der Waals surface area contributed by atoms with E-state index in [0.717, 1.165) is 21.7 Å². The third-order valence-electron chi connectivity index (χ3n) is 5.83. The summed E-state index contributed by atoms with van der Waals surface area (Å²) in [4.78, 5) is 29.7. The number of anilines is 1. The molecule has 0 spiro atoms. The molecule has 1 aliphatic rings. The molecule has 3 aromatic rings. The minimum atomic E-state index is -1.85. The first kappa shape index (κ1) is 24.2. The molecule has 0 bridgehead atoms. The fourth-order valence-electron chi connectivity index (χ4n) is 3.86. The maximum atomic E-state index is 12.7. The van der Waals surface area contributed by atoms with Crippen molar-refractivity contribution >= 4 is 40.4 Å². The summed E-state index contributed by atoms with van der Waals surface area (Å²) in [6.07, 6.45) is -3.67. The molecule has 34 heavy (non-hydrogen) atoms. The number of halogens is 1. The second-order valence-corrected chi connectivity index (χ2v) is 9.40. The van der Waals surface area contributed by atoms with Crippen LogP contribution in [0.2, 0.25) is 5.02 Å². The van der Waals surface area contributed by atoms with Gasteiger partial charge in [0, 0.05) is 37.6 Å². The molecule has 9 heteroatoms. The predicted octanol–water partition coefficient (Wildman–Crippen LogP) is 2.76. The van der Waals surface area contributed by atoms with Crippen LogP contribution >= 0.6 is 22.9 Å². The maximum Gasteiger partial charge on any atom is 0.254 e. The summed E-state index contributed by atoms with van der Waals surface area (Å²) in [5.41, 5.74) is 2.82. The highest BCUT2D eigenvalue weighted by molar-refractivity contribution is 7.13. The summed E-state index contributed by atoms with van der Waals surface area (Å²) in [7, 11) is 0. The normalized spacial score (nSPS) is 15.6. The van der Waals surface area contributed by atoms with Gasteiger partial charge >= 0.3 is 0 Å². The van der Waals surface area contributed by atoms with E-state index in [1.165, 1.54) is 4.90 Å². The molecule has 3 N–H and O–H groups in total. The molecule has 4 rings (SSSR count). The van der Waals surface area contributed by atoms with Crippen molar-refractivity contribution in [1.29, 1.82) is 0 Å². The van der Waals surface area contributed by atoms with E-state index >= 15 is 0 Å². The highest BCUT2D eigenvalue weighted by Gasteiger charge is 2.34. The Balaban J connectivity index is 1.26. The van der Waals surface area contributed by atoms with Crippen LogP contribution in [0.1, 0.15) is 5.56 Å². The van der Waals surface area contributed by atoms with Crippen molar-refractivity contribution < 1.29 is 19.8 Å². The van der Waals surface area contributed by atoms with Crippen molar-refractivity contribution in [3.8, 4) is 10.4 Å². The molecule has 1 fully saturated rings. The topological polar surface area (TPSA) is 93.1 Å². The SMILES string of the molecule is O=C(NCc1ccc(-c2cccs2)cc1)[C@H](O)[C@@H](O)C(=O)N1CCN(c2ccccc2Cl)CC1. The van der Waals surface area contributed by atoms with E-state index in [2.05, 4.69) is 10.2 Å². The molecule has 7 nitrogen and oxygen atoms in total. The fraction of sp³-hybridized carbons (Fsp3) is 0.280. The number of hydrogen-bond donors (Lipinski definition) is 3. The average molecular weight is 500 g/mol. The van der Waals surface area contributed by atoms with Gasteiger partial charge in [-0.2, -0.15) is 0 Å². The van der Waals surface area contributed by atoms with E-state index in [9.17, 15) is 19.8 Å². The van der Waals surface area contributed by atoms with Crippen LogP contribution in [0.3, 0.4) is 0 Å². The molecular formula is C25H26ClN3O4S. The minimum Gasteiger partial charge on any atom is -0.380 e. The van der Waals surface area contributed by atoms with Gasteiger partial charge in [-0.1, -0.05) is 54.1 Å². The largest absolute Gasteiger partial charge is 0.380 e. The van der Waals surface area contributed by atoms with Gasteiger partial charge in [-0.05, 0) is 34.7 Å². The summed E-state index contributed by atoms with van der Waals surface area (Å²) in [5, 5.41) is 25.8. The zero-order valence-electron chi connectivity index (χ0n) is 18.4. The van der Waals surface area contributed by atoms with E-state index in [-0.39, 0.29) is 6.54 Å². The van der Waals surface area contributed by atoms with Crippen molar-refractivity contribution in [2.75, 3.05) is 31.1 Å². The minimum absolute atomic E-state index is 0.179. The Kier molecular flexibility index (Phi) is 7.84. The lowest BCUT2D eigenvalue weighted by Crippen LogP contribution is -2.55. The van der Waals surface area contributed by atoms with Gasteiger partial charge in [-0.3, -0.25) is 9.59 Å². The summed E-state index contributed by atoms with van der Waals surface area (Å²) >= 11 is 7.90. The number of piperazine rings is 1. The summed E-state index contributed by atoms with van der Waals surface area (Å²) < 4.78 is 0. The Hall–Kier alpha value is -2.91. The van der Waals surface area contributed by atoms with E-state index in [1.807, 2.05) is 66.0 Å². The molecule has 0 saturated carbocycles. The molecule has 0 unspecified atom stereocenters. The van der Waals surface area contributed by atoms with Crippen molar-refractivity contribution in [2.45, 2.75) is 18.8 Å². The van der Waals surface area contributed by atoms with Gasteiger partial charge in [0.2, 0.25) is 0 Å². The van der Waals surface area contributed by atoms with Crippen LogP contribution in [0.5, 0.6) is 0 Å². The lowest BCUT2D eigenvalue weighted by Gasteiger charge is -2.37. The van der Waals surface area contributed by atoms with Gasteiger partial charge in [-0.15, -0.1) is 11.3 Å². The third-order valence-corrected chi connectivity index (χ3v) is 7.07. The van der Waals surface area contributed by atoms with Crippen molar-refractivity contribution in [1.82, 2.24) is 10.2 Å². The lowest BCUT2D eigenvalue weighted by atomic mass is 10.1. The number of thiophene rings is 1. The molecule has 1 aliphatic heterocycles. The predicted molar refractivity (Wildman–Crippen MR) is 134 cm³/mol. The number of carbonyl (C=O) groups is 2. The number of nitrogens with one attached hydrogen (secondary N) is 1. The molecule has 1 saturated heterocycles. The number of benzene rings is 2. The smallest absolute Gasteiger partial charge is 0.254 e. The standard InChI is InChI=1S/C25H26ClN3O4S/c26-19-4-1-2-5-20(19)28-11-13-29(14-12-28)25(33)23(31)22(30)24(32)27-16-17-7-9-18(10-8-17)21-6-3-15-34-21/h1-10,15,22-23,30-31H,11-14,16H2,(H,27,32)/t22-,23-/m1/s1. The molecule has 2 heterocycles. The zero-order chi connectivity index (χ0) is 24.1. The number of aliphatic hydroxyl groups excluding tert-OH is 2. The number of hydrogen-bond acceptors (Lipinski definition) is 6. The Bertz CT molecular complexity index is 1120. The molecular weight excluding hydrogens is 474 g/mol. The molecule has 2 atom stereocenters. The highest BCUT2D eigenvalue weighted by Crippen LogP contribution is 2.26. The van der Waals surface area contributed by atoms with Crippen LogP contribution in [0.15, 0.2) is 66.0 Å². The zero-order valence-corrected chi connectivity index (χ0v) is 20.0. The lowest BCUT2D eigenvalue weighted by molar-refractivity contribution is -0.153. The summed E-state index contributed by atoms with van der Waals surface area (Å²) in [6, 6.07) is 19.2. The van der Waals surface area contributed by atoms with Crippen molar-refractivity contribution in [3.05, 3.63) is 76.6 Å². The van der Waals surface area contributed by atoms with Crippen LogP contribution in [0.25, 0.3) is 10.4 Å². The number of nitrogens with zero attached hydrogens (tertiary/aromatic N) is 2. The number of carbonyl (C=O) groups excluding carboxylic acids is 2. The monoisotopic (exact) mass is 499 g/mol. The van der Waals surface area contributed by atoms with Gasteiger partial charge in [-0.25, -0.2) is 0 Å². The first-order chi connectivity index (χ1) is 16.4. The van der Waals surface area contributed by atoms with Crippen LogP contribution in [0, 0.1) is 0 Å². The molecule has 0 aliphatic carbocycles. The van der Waals surface area contributed by atoms with Gasteiger partial charge in [0.1, 0.15) is 0 Å². The van der Waals surface area contributed by atoms with Crippen molar-refractivity contribution in [2.24, 2.45) is 0 Å². The summed E-state index contributed by atoms with van der Waals surface area (Å²) in [6.45, 7) is 1.95. The van der Waals surface area contributed by atoms with Gasteiger partial charge in [0.15, 0.2) is 12.2 Å². The molecule has 2 aromatic carbocycles. The first-order valence-corrected chi connectivity index (χ1v) is 12.2. The molecule has 1 aromatic heterocycles. The van der Waals surface area contributed by atoms with Crippen LogP contribution in [0.4, 0.5) is 5.69 Å². The number of rotatable bonds is 7. The average Bonchev–Trinajstić information content (AvgIpc) is 3.42. The maximum absolute atomic E-state index is 12.7. The van der Waals surface area contributed by atoms with E-state index in [4.69, 9.17) is 11.6 Å². The Morgan fingerprint density at radius 2 is 1.65 bits per heavy atom.